The Morgan fingerprint density at radius 2 is 1.81 bits per heavy atom. The van der Waals surface area contributed by atoms with E-state index in [1.807, 2.05) is 0 Å². The molecule has 0 bridgehead atoms. The molecule has 3 amide bonds. The molecule has 31 heavy (non-hydrogen) atoms. The van der Waals surface area contributed by atoms with Crippen LogP contribution in [0.3, 0.4) is 0 Å². The third kappa shape index (κ3) is 5.78. The number of likely N-dealkylation sites (tertiary alicyclic amines) is 1. The number of primary amides is 1. The van der Waals surface area contributed by atoms with Crippen LogP contribution in [0.15, 0.2) is 42.5 Å². The van der Waals surface area contributed by atoms with Gasteiger partial charge in [0.05, 0.1) is 24.3 Å². The molecule has 1 fully saturated rings. The van der Waals surface area contributed by atoms with Crippen molar-refractivity contribution in [2.75, 3.05) is 25.0 Å². The smallest absolute Gasteiger partial charge is 0.256 e. The Bertz CT molecular complexity index is 975. The normalized spacial score (nSPS) is 14.2. The molecule has 0 spiro atoms. The number of amides is 3. The summed E-state index contributed by atoms with van der Waals surface area (Å²) in [4.78, 5) is 37.5. The van der Waals surface area contributed by atoms with E-state index >= 15 is 0 Å². The molecule has 3 N–H and O–H groups in total. The van der Waals surface area contributed by atoms with Crippen LogP contribution in [0.2, 0.25) is 0 Å². The Morgan fingerprint density at radius 3 is 2.48 bits per heavy atom. The van der Waals surface area contributed by atoms with Crippen LogP contribution in [-0.4, -0.2) is 42.3 Å². The number of hydrogen-bond acceptors (Lipinski definition) is 4. The van der Waals surface area contributed by atoms with Gasteiger partial charge in [-0.15, -0.1) is 0 Å². The largest absolute Gasteiger partial charge is 0.491 e. The Kier molecular flexibility index (Phi) is 7.17. The maximum Gasteiger partial charge on any atom is 0.256 e. The molecule has 1 heterocycles. The topological polar surface area (TPSA) is 102 Å². The fraction of sp³-hybridized carbons (Fsp3) is 0.318. The van der Waals surface area contributed by atoms with E-state index in [1.54, 1.807) is 24.3 Å². The summed E-state index contributed by atoms with van der Waals surface area (Å²) in [6, 6.07) is 9.70. The first-order valence-electron chi connectivity index (χ1n) is 9.90. The Hall–Kier alpha value is -3.49. The Balaban J connectivity index is 1.56. The lowest BCUT2D eigenvalue weighted by molar-refractivity contribution is -0.121. The lowest BCUT2D eigenvalue weighted by Gasteiger charge is -2.31. The number of piperidine rings is 1. The van der Waals surface area contributed by atoms with Gasteiger partial charge in [-0.1, -0.05) is 12.1 Å². The number of nitrogens with one attached hydrogen (secondary N) is 1. The molecule has 2 aromatic rings. The zero-order valence-electron chi connectivity index (χ0n) is 16.8. The van der Waals surface area contributed by atoms with E-state index in [2.05, 4.69) is 5.32 Å². The van der Waals surface area contributed by atoms with Crippen molar-refractivity contribution in [1.82, 2.24) is 4.90 Å². The predicted octanol–water partition coefficient (Wildman–Crippen LogP) is 2.71. The van der Waals surface area contributed by atoms with Crippen LogP contribution in [0.4, 0.5) is 14.5 Å². The number of carbonyl (C=O) groups excluding carboxylic acids is 3. The van der Waals surface area contributed by atoms with Gasteiger partial charge in [0.25, 0.3) is 5.91 Å². The number of carbonyl (C=O) groups is 3. The number of halogens is 2. The van der Waals surface area contributed by atoms with E-state index in [-0.39, 0.29) is 43.5 Å². The molecule has 3 rings (SSSR count). The van der Waals surface area contributed by atoms with Gasteiger partial charge in [-0.2, -0.15) is 0 Å². The van der Waals surface area contributed by atoms with Crippen LogP contribution < -0.4 is 15.8 Å². The standard InChI is InChI=1S/C22H23F2N3O4/c23-15-5-6-16(17(24)13-15)22(30)27-10-7-14(8-11-27)21(29)26-18-3-1-2-4-19(18)31-12-9-20(25)28/h1-6,13-14H,7-12H2,(H2,25,28)(H,26,29). The van der Waals surface area contributed by atoms with E-state index in [0.29, 0.717) is 30.3 Å². The first kappa shape index (κ1) is 22.2. The fourth-order valence-corrected chi connectivity index (χ4v) is 3.37. The molecule has 0 radical (unpaired) electrons. The number of anilines is 1. The fourth-order valence-electron chi connectivity index (χ4n) is 3.37. The predicted molar refractivity (Wildman–Crippen MR) is 109 cm³/mol. The van der Waals surface area contributed by atoms with Gasteiger partial charge in [-0.25, -0.2) is 8.78 Å². The number of para-hydroxylation sites is 2. The summed E-state index contributed by atoms with van der Waals surface area (Å²) in [5.41, 5.74) is 5.39. The van der Waals surface area contributed by atoms with Gasteiger partial charge >= 0.3 is 0 Å². The molecule has 7 nitrogen and oxygen atoms in total. The molecule has 0 unspecified atom stereocenters. The van der Waals surface area contributed by atoms with Crippen LogP contribution in [0.25, 0.3) is 0 Å². The van der Waals surface area contributed by atoms with Crippen molar-refractivity contribution < 1.29 is 27.9 Å². The maximum absolute atomic E-state index is 13.9. The third-order valence-corrected chi connectivity index (χ3v) is 5.07. The van der Waals surface area contributed by atoms with Crippen molar-refractivity contribution in [1.29, 1.82) is 0 Å². The Morgan fingerprint density at radius 1 is 1.10 bits per heavy atom. The van der Waals surface area contributed by atoms with Gasteiger partial charge in [0.2, 0.25) is 11.8 Å². The second kappa shape index (κ2) is 10.0. The Labute approximate surface area is 178 Å². The van der Waals surface area contributed by atoms with E-state index in [1.165, 1.54) is 4.90 Å². The molecular weight excluding hydrogens is 408 g/mol. The molecule has 0 saturated carbocycles. The summed E-state index contributed by atoms with van der Waals surface area (Å²) >= 11 is 0. The van der Waals surface area contributed by atoms with Crippen LogP contribution >= 0.6 is 0 Å². The van der Waals surface area contributed by atoms with Crippen molar-refractivity contribution in [2.24, 2.45) is 11.7 Å². The monoisotopic (exact) mass is 431 g/mol. The highest BCUT2D eigenvalue weighted by molar-refractivity contribution is 5.96. The highest BCUT2D eigenvalue weighted by atomic mass is 19.1. The number of nitrogens with zero attached hydrogens (tertiary/aromatic N) is 1. The average Bonchev–Trinajstić information content (AvgIpc) is 2.74. The van der Waals surface area contributed by atoms with Crippen molar-refractivity contribution in [3.63, 3.8) is 0 Å². The van der Waals surface area contributed by atoms with E-state index in [4.69, 9.17) is 10.5 Å². The lowest BCUT2D eigenvalue weighted by atomic mass is 9.95. The van der Waals surface area contributed by atoms with Gasteiger partial charge in [-0.05, 0) is 37.1 Å². The van der Waals surface area contributed by atoms with Crippen molar-refractivity contribution in [2.45, 2.75) is 19.3 Å². The van der Waals surface area contributed by atoms with Crippen molar-refractivity contribution in [3.05, 3.63) is 59.7 Å². The average molecular weight is 431 g/mol. The molecule has 1 aliphatic rings. The second-order valence-electron chi connectivity index (χ2n) is 7.24. The quantitative estimate of drug-likeness (QED) is 0.704. The number of rotatable bonds is 7. The summed E-state index contributed by atoms with van der Waals surface area (Å²) in [6.07, 6.45) is 0.875. The molecule has 2 aromatic carbocycles. The molecule has 0 aromatic heterocycles. The molecule has 0 atom stereocenters. The molecular formula is C22H23F2N3O4. The van der Waals surface area contributed by atoms with Gasteiger partial charge < -0.3 is 20.7 Å². The van der Waals surface area contributed by atoms with Crippen LogP contribution in [0, 0.1) is 17.6 Å². The van der Waals surface area contributed by atoms with E-state index < -0.39 is 23.4 Å². The molecule has 164 valence electrons. The second-order valence-corrected chi connectivity index (χ2v) is 7.24. The highest BCUT2D eigenvalue weighted by Crippen LogP contribution is 2.27. The molecule has 9 heteroatoms. The van der Waals surface area contributed by atoms with Crippen LogP contribution in [-0.2, 0) is 9.59 Å². The minimum Gasteiger partial charge on any atom is -0.491 e. The SMILES string of the molecule is NC(=O)CCOc1ccccc1NC(=O)C1CCN(C(=O)c2ccc(F)cc2F)CC1. The van der Waals surface area contributed by atoms with Gasteiger partial charge in [0.1, 0.15) is 17.4 Å². The van der Waals surface area contributed by atoms with Gasteiger partial charge in [0, 0.05) is 25.1 Å². The van der Waals surface area contributed by atoms with E-state index in [9.17, 15) is 23.2 Å². The molecule has 0 aliphatic carbocycles. The third-order valence-electron chi connectivity index (χ3n) is 5.07. The number of hydrogen-bond donors (Lipinski definition) is 2. The molecule has 1 saturated heterocycles. The highest BCUT2D eigenvalue weighted by Gasteiger charge is 2.29. The zero-order valence-corrected chi connectivity index (χ0v) is 16.8. The van der Waals surface area contributed by atoms with Gasteiger partial charge in [0.15, 0.2) is 0 Å². The first-order valence-corrected chi connectivity index (χ1v) is 9.90. The summed E-state index contributed by atoms with van der Waals surface area (Å²) in [5, 5.41) is 2.82. The summed E-state index contributed by atoms with van der Waals surface area (Å²) < 4.78 is 32.5. The minimum atomic E-state index is -0.905. The summed E-state index contributed by atoms with van der Waals surface area (Å²) in [6.45, 7) is 0.664. The van der Waals surface area contributed by atoms with E-state index in [0.717, 1.165) is 12.1 Å². The zero-order chi connectivity index (χ0) is 22.4. The summed E-state index contributed by atoms with van der Waals surface area (Å²) in [5.74, 6) is -2.78. The number of benzene rings is 2. The van der Waals surface area contributed by atoms with Crippen LogP contribution in [0.5, 0.6) is 5.75 Å². The van der Waals surface area contributed by atoms with Crippen LogP contribution in [0.1, 0.15) is 29.6 Å². The molecule has 1 aliphatic heterocycles. The number of nitrogens with two attached hydrogens (primary N) is 1. The first-order chi connectivity index (χ1) is 14.8. The van der Waals surface area contributed by atoms with Crippen molar-refractivity contribution >= 4 is 23.4 Å². The summed E-state index contributed by atoms with van der Waals surface area (Å²) in [7, 11) is 0. The lowest BCUT2D eigenvalue weighted by Crippen LogP contribution is -2.41. The minimum absolute atomic E-state index is 0.0589. The van der Waals surface area contributed by atoms with Crippen molar-refractivity contribution in [3.8, 4) is 5.75 Å². The number of ether oxygens (including phenoxy) is 1. The van der Waals surface area contributed by atoms with Gasteiger partial charge in [-0.3, -0.25) is 14.4 Å². The maximum atomic E-state index is 13.9.